The van der Waals surface area contributed by atoms with Crippen molar-refractivity contribution in [2.75, 3.05) is 6.54 Å². The Morgan fingerprint density at radius 2 is 2.15 bits per heavy atom. The Hall–Kier alpha value is -1.85. The van der Waals surface area contributed by atoms with E-state index in [9.17, 15) is 0 Å². The normalized spacial score (nSPS) is 12.7. The predicted molar refractivity (Wildman–Crippen MR) is 81.9 cm³/mol. The van der Waals surface area contributed by atoms with Gasteiger partial charge in [0.1, 0.15) is 0 Å². The van der Waals surface area contributed by atoms with E-state index < -0.39 is 0 Å². The molecule has 0 bridgehead atoms. The molecule has 0 amide bonds. The number of aryl methyl sites for hydroxylation is 1. The zero-order valence-corrected chi connectivity index (χ0v) is 12.3. The van der Waals surface area contributed by atoms with Gasteiger partial charge in [-0.25, -0.2) is 0 Å². The maximum absolute atomic E-state index is 4.54. The number of nitrogens with one attached hydrogen (secondary N) is 1. The Balaban J connectivity index is 2.05. The topological polar surface area (TPSA) is 50.7 Å². The second kappa shape index (κ2) is 5.64. The minimum atomic E-state index is 0.0875. The maximum Gasteiger partial charge on any atom is 0.0957 e. The van der Waals surface area contributed by atoms with Crippen LogP contribution in [0.2, 0.25) is 0 Å². The molecule has 2 aromatic heterocycles. The summed E-state index contributed by atoms with van der Waals surface area (Å²) in [7, 11) is 0. The minimum absolute atomic E-state index is 0.0875. The Kier molecular flexibility index (Phi) is 3.71. The summed E-state index contributed by atoms with van der Waals surface area (Å²) in [5, 5.41) is 4.61. The van der Waals surface area contributed by atoms with Crippen LogP contribution in [0.3, 0.4) is 0 Å². The van der Waals surface area contributed by atoms with Crippen LogP contribution in [-0.2, 0) is 0 Å². The highest BCUT2D eigenvalue weighted by Crippen LogP contribution is 2.24. The van der Waals surface area contributed by atoms with Crippen LogP contribution in [-0.4, -0.2) is 20.3 Å². The molecule has 0 aliphatic heterocycles. The van der Waals surface area contributed by atoms with Crippen LogP contribution in [0.4, 0.5) is 0 Å². The number of hydrogen-bond donors (Lipinski definition) is 1. The molecule has 2 heterocycles. The second-order valence-corrected chi connectivity index (χ2v) is 5.28. The molecule has 1 aromatic carbocycles. The highest BCUT2D eigenvalue weighted by molar-refractivity contribution is 6.99. The van der Waals surface area contributed by atoms with Crippen LogP contribution in [0.15, 0.2) is 36.5 Å². The van der Waals surface area contributed by atoms with E-state index in [4.69, 9.17) is 0 Å². The van der Waals surface area contributed by atoms with E-state index in [0.717, 1.165) is 28.8 Å². The van der Waals surface area contributed by atoms with E-state index in [0.29, 0.717) is 0 Å². The summed E-state index contributed by atoms with van der Waals surface area (Å²) in [4.78, 5) is 4.54. The Labute approximate surface area is 122 Å². The van der Waals surface area contributed by atoms with Gasteiger partial charge >= 0.3 is 0 Å². The largest absolute Gasteiger partial charge is 0.305 e. The summed E-state index contributed by atoms with van der Waals surface area (Å²) >= 11 is 1.24. The quantitative estimate of drug-likeness (QED) is 0.800. The van der Waals surface area contributed by atoms with Crippen molar-refractivity contribution in [2.45, 2.75) is 19.9 Å². The van der Waals surface area contributed by atoms with E-state index in [1.54, 1.807) is 0 Å². The van der Waals surface area contributed by atoms with Gasteiger partial charge in [0.25, 0.3) is 0 Å². The molecule has 0 spiro atoms. The van der Waals surface area contributed by atoms with E-state index in [1.807, 2.05) is 19.2 Å². The van der Waals surface area contributed by atoms with Crippen molar-refractivity contribution in [1.29, 1.82) is 0 Å². The fraction of sp³-hybridized carbons (Fsp3) is 0.267. The molecule has 0 saturated heterocycles. The summed E-state index contributed by atoms with van der Waals surface area (Å²) in [5.74, 6) is 0. The molecule has 4 nitrogen and oxygen atoms in total. The van der Waals surface area contributed by atoms with E-state index in [1.165, 1.54) is 17.3 Å². The molecular formula is C15H16N4S. The van der Waals surface area contributed by atoms with Crippen molar-refractivity contribution in [2.24, 2.45) is 0 Å². The Bertz CT molecular complexity index is 709. The summed E-state index contributed by atoms with van der Waals surface area (Å²) in [6.07, 6.45) is 1.83. The summed E-state index contributed by atoms with van der Waals surface area (Å²) in [5.41, 5.74) is 4.23. The second-order valence-electron chi connectivity index (χ2n) is 4.73. The standard InChI is InChI=1S/C15H16N4S/c1-3-16-15(14-9-17-20-19-14)12-6-7-13-11(8-12)5-4-10(2)18-13/h4-9,15-16H,3H2,1-2H3. The first-order valence-electron chi connectivity index (χ1n) is 6.66. The lowest BCUT2D eigenvalue weighted by Crippen LogP contribution is -2.22. The van der Waals surface area contributed by atoms with Crippen LogP contribution in [0, 0.1) is 6.92 Å². The first-order chi connectivity index (χ1) is 9.78. The number of hydrogen-bond acceptors (Lipinski definition) is 5. The highest BCUT2D eigenvalue weighted by atomic mass is 32.1. The van der Waals surface area contributed by atoms with Gasteiger partial charge in [0.05, 0.1) is 35.2 Å². The van der Waals surface area contributed by atoms with Crippen molar-refractivity contribution in [1.82, 2.24) is 19.0 Å². The molecule has 20 heavy (non-hydrogen) atoms. The molecule has 102 valence electrons. The minimum Gasteiger partial charge on any atom is -0.305 e. The first-order valence-corrected chi connectivity index (χ1v) is 7.39. The van der Waals surface area contributed by atoms with Crippen molar-refractivity contribution < 1.29 is 0 Å². The van der Waals surface area contributed by atoms with Crippen LogP contribution in [0.1, 0.15) is 29.9 Å². The number of rotatable bonds is 4. The Morgan fingerprint density at radius 3 is 2.90 bits per heavy atom. The van der Waals surface area contributed by atoms with E-state index >= 15 is 0 Å². The lowest BCUT2D eigenvalue weighted by Gasteiger charge is -2.16. The highest BCUT2D eigenvalue weighted by Gasteiger charge is 2.16. The van der Waals surface area contributed by atoms with Crippen molar-refractivity contribution in [3.8, 4) is 0 Å². The number of pyridine rings is 1. The van der Waals surface area contributed by atoms with Crippen molar-refractivity contribution >= 4 is 22.6 Å². The van der Waals surface area contributed by atoms with Gasteiger partial charge in [-0.15, -0.1) is 0 Å². The molecule has 1 unspecified atom stereocenters. The average molecular weight is 284 g/mol. The zero-order chi connectivity index (χ0) is 13.9. The number of nitrogens with zero attached hydrogens (tertiary/aromatic N) is 3. The fourth-order valence-electron chi connectivity index (χ4n) is 2.32. The summed E-state index contributed by atoms with van der Waals surface area (Å²) in [6.45, 7) is 4.99. The predicted octanol–water partition coefficient (Wildman–Crippen LogP) is 3.09. The molecule has 5 heteroatoms. The van der Waals surface area contributed by atoms with Crippen molar-refractivity contribution in [3.63, 3.8) is 0 Å². The van der Waals surface area contributed by atoms with Gasteiger partial charge in [-0.3, -0.25) is 4.98 Å². The van der Waals surface area contributed by atoms with Gasteiger partial charge in [-0.2, -0.15) is 8.75 Å². The van der Waals surface area contributed by atoms with Crippen LogP contribution in [0.25, 0.3) is 10.9 Å². The fourth-order valence-corrected chi connectivity index (χ4v) is 2.77. The average Bonchev–Trinajstić information content (AvgIpc) is 2.98. The third kappa shape index (κ3) is 2.55. The Morgan fingerprint density at radius 1 is 1.25 bits per heavy atom. The first kappa shape index (κ1) is 13.1. The van der Waals surface area contributed by atoms with Gasteiger partial charge in [0.15, 0.2) is 0 Å². The molecular weight excluding hydrogens is 268 g/mol. The molecule has 0 fully saturated rings. The van der Waals surface area contributed by atoms with Gasteiger partial charge in [-0.1, -0.05) is 19.1 Å². The molecule has 3 rings (SSSR count). The third-order valence-corrected chi connectivity index (χ3v) is 3.76. The van der Waals surface area contributed by atoms with Crippen LogP contribution in [0.5, 0.6) is 0 Å². The number of aromatic nitrogens is 3. The SMILES string of the molecule is CCNC(c1ccc2nc(C)ccc2c1)c1cnsn1. The summed E-state index contributed by atoms with van der Waals surface area (Å²) in [6, 6.07) is 10.6. The van der Waals surface area contributed by atoms with Crippen LogP contribution >= 0.6 is 11.7 Å². The van der Waals surface area contributed by atoms with Gasteiger partial charge in [0, 0.05) is 11.1 Å². The smallest absolute Gasteiger partial charge is 0.0957 e. The molecule has 0 saturated carbocycles. The number of benzene rings is 1. The third-order valence-electron chi connectivity index (χ3n) is 3.27. The van der Waals surface area contributed by atoms with E-state index in [-0.39, 0.29) is 6.04 Å². The lowest BCUT2D eigenvalue weighted by atomic mass is 10.0. The van der Waals surface area contributed by atoms with Gasteiger partial charge < -0.3 is 5.32 Å². The molecule has 0 radical (unpaired) electrons. The monoisotopic (exact) mass is 284 g/mol. The molecule has 1 atom stereocenters. The van der Waals surface area contributed by atoms with Gasteiger partial charge in [-0.05, 0) is 37.2 Å². The zero-order valence-electron chi connectivity index (χ0n) is 11.5. The van der Waals surface area contributed by atoms with E-state index in [2.05, 4.69) is 50.2 Å². The molecule has 0 aliphatic carbocycles. The molecule has 3 aromatic rings. The van der Waals surface area contributed by atoms with Crippen molar-refractivity contribution in [3.05, 3.63) is 53.5 Å². The lowest BCUT2D eigenvalue weighted by molar-refractivity contribution is 0.620. The summed E-state index contributed by atoms with van der Waals surface area (Å²) < 4.78 is 8.46. The molecule has 1 N–H and O–H groups in total. The van der Waals surface area contributed by atoms with Gasteiger partial charge in [0.2, 0.25) is 0 Å². The maximum atomic E-state index is 4.54. The van der Waals surface area contributed by atoms with Crippen LogP contribution < -0.4 is 5.32 Å². The number of fused-ring (bicyclic) bond motifs is 1. The molecule has 0 aliphatic rings.